The zero-order chi connectivity index (χ0) is 14.3. The van der Waals surface area contributed by atoms with Gasteiger partial charge in [-0.05, 0) is 37.1 Å². The molecule has 0 saturated carbocycles. The molecule has 1 aliphatic rings. The van der Waals surface area contributed by atoms with Crippen LogP contribution in [-0.4, -0.2) is 19.4 Å². The zero-order valence-electron chi connectivity index (χ0n) is 11.0. The van der Waals surface area contributed by atoms with Gasteiger partial charge in [-0.15, -0.1) is 0 Å². The average molecular weight is 289 g/mol. The molecule has 0 radical (unpaired) electrons. The van der Waals surface area contributed by atoms with Gasteiger partial charge in [0.05, 0.1) is 5.69 Å². The lowest BCUT2D eigenvalue weighted by Gasteiger charge is -2.24. The van der Waals surface area contributed by atoms with Gasteiger partial charge in [-0.1, -0.05) is 18.2 Å². The third-order valence-electron chi connectivity index (χ3n) is 3.46. The maximum atomic E-state index is 12.8. The Bertz CT molecular complexity index is 741. The second-order valence-corrected chi connectivity index (χ2v) is 6.72. The van der Waals surface area contributed by atoms with Crippen LogP contribution in [0.15, 0.2) is 47.5 Å². The number of para-hydroxylation sites is 1. The molecule has 1 unspecified atom stereocenters. The van der Waals surface area contributed by atoms with Gasteiger partial charge in [-0.2, -0.15) is 0 Å². The van der Waals surface area contributed by atoms with Gasteiger partial charge in [0.1, 0.15) is 10.7 Å². The molecule has 0 bridgehead atoms. The van der Waals surface area contributed by atoms with E-state index >= 15 is 0 Å². The fourth-order valence-electron chi connectivity index (χ4n) is 2.56. The molecular weight excluding hydrogens is 274 g/mol. The van der Waals surface area contributed by atoms with Crippen molar-refractivity contribution < 1.29 is 8.42 Å². The molecule has 1 aromatic carbocycles. The van der Waals surface area contributed by atoms with E-state index in [4.69, 9.17) is 5.73 Å². The highest BCUT2D eigenvalue weighted by molar-refractivity contribution is 7.92. The lowest BCUT2D eigenvalue weighted by Crippen LogP contribution is -2.35. The normalized spacial score (nSPS) is 18.1. The first-order chi connectivity index (χ1) is 9.50. The van der Waals surface area contributed by atoms with Gasteiger partial charge in [0.15, 0.2) is 0 Å². The van der Waals surface area contributed by atoms with Gasteiger partial charge in [-0.3, -0.25) is 4.31 Å². The van der Waals surface area contributed by atoms with Crippen molar-refractivity contribution in [3.63, 3.8) is 0 Å². The Morgan fingerprint density at radius 1 is 1.25 bits per heavy atom. The van der Waals surface area contributed by atoms with Gasteiger partial charge < -0.3 is 5.73 Å². The first kappa shape index (κ1) is 12.9. The van der Waals surface area contributed by atoms with Crippen molar-refractivity contribution in [3.05, 3.63) is 48.2 Å². The topological polar surface area (TPSA) is 76.3 Å². The number of hydrogen-bond donors (Lipinski definition) is 1. The van der Waals surface area contributed by atoms with Gasteiger partial charge in [0.2, 0.25) is 0 Å². The van der Waals surface area contributed by atoms with Crippen LogP contribution in [0.1, 0.15) is 12.5 Å². The van der Waals surface area contributed by atoms with Crippen LogP contribution in [0.4, 0.5) is 11.5 Å². The Labute approximate surface area is 118 Å². The average Bonchev–Trinajstić information content (AvgIpc) is 2.75. The van der Waals surface area contributed by atoms with E-state index in [1.165, 1.54) is 22.6 Å². The molecule has 2 aromatic rings. The smallest absolute Gasteiger partial charge is 0.266 e. The molecule has 104 valence electrons. The summed E-state index contributed by atoms with van der Waals surface area (Å²) in [6.07, 6.45) is 2.02. The van der Waals surface area contributed by atoms with Crippen LogP contribution in [0.2, 0.25) is 0 Å². The molecule has 6 heteroatoms. The Balaban J connectivity index is 2.10. The summed E-state index contributed by atoms with van der Waals surface area (Å²) in [5, 5.41) is 0. The van der Waals surface area contributed by atoms with Crippen LogP contribution in [0.3, 0.4) is 0 Å². The van der Waals surface area contributed by atoms with E-state index in [0.717, 1.165) is 17.7 Å². The highest BCUT2D eigenvalue weighted by atomic mass is 32.2. The van der Waals surface area contributed by atoms with E-state index in [0.29, 0.717) is 5.82 Å². The summed E-state index contributed by atoms with van der Waals surface area (Å²) < 4.78 is 27.0. The molecule has 3 rings (SSSR count). The summed E-state index contributed by atoms with van der Waals surface area (Å²) in [6.45, 7) is 1.91. The van der Waals surface area contributed by atoms with Crippen molar-refractivity contribution in [1.82, 2.24) is 4.98 Å². The van der Waals surface area contributed by atoms with Crippen molar-refractivity contribution in [2.75, 3.05) is 10.0 Å². The zero-order valence-corrected chi connectivity index (χ0v) is 11.8. The first-order valence-corrected chi connectivity index (χ1v) is 7.78. The van der Waals surface area contributed by atoms with Crippen molar-refractivity contribution >= 4 is 21.5 Å². The van der Waals surface area contributed by atoms with E-state index in [9.17, 15) is 8.42 Å². The standard InChI is InChI=1S/C14H15N3O2S/c1-10-8-11-4-2-3-5-13(11)17(10)20(18,19)12-6-7-14(15)16-9-12/h2-7,9-10H,8H2,1H3,(H2,15,16). The van der Waals surface area contributed by atoms with E-state index < -0.39 is 10.0 Å². The number of anilines is 2. The fraction of sp³-hybridized carbons (Fsp3) is 0.214. The second-order valence-electron chi connectivity index (χ2n) is 4.90. The van der Waals surface area contributed by atoms with Gasteiger partial charge >= 0.3 is 0 Å². The molecule has 1 aliphatic heterocycles. The number of fused-ring (bicyclic) bond motifs is 1. The highest BCUT2D eigenvalue weighted by Gasteiger charge is 2.35. The monoisotopic (exact) mass is 289 g/mol. The molecule has 0 spiro atoms. The minimum atomic E-state index is -3.60. The van der Waals surface area contributed by atoms with Crippen molar-refractivity contribution in [1.29, 1.82) is 0 Å². The fourth-order valence-corrected chi connectivity index (χ4v) is 4.20. The lowest BCUT2D eigenvalue weighted by molar-refractivity contribution is 0.584. The third kappa shape index (κ3) is 1.92. The number of nitrogens with two attached hydrogens (primary N) is 1. The van der Waals surface area contributed by atoms with Crippen LogP contribution in [0.5, 0.6) is 0 Å². The number of benzene rings is 1. The number of sulfonamides is 1. The largest absolute Gasteiger partial charge is 0.384 e. The lowest BCUT2D eigenvalue weighted by atomic mass is 10.1. The van der Waals surface area contributed by atoms with Crippen molar-refractivity contribution in [2.24, 2.45) is 0 Å². The van der Waals surface area contributed by atoms with Gasteiger partial charge in [0.25, 0.3) is 10.0 Å². The third-order valence-corrected chi connectivity index (χ3v) is 5.37. The molecule has 0 fully saturated rings. The maximum Gasteiger partial charge on any atom is 0.266 e. The molecule has 20 heavy (non-hydrogen) atoms. The number of nitrogens with zero attached hydrogens (tertiary/aromatic N) is 2. The Morgan fingerprint density at radius 2 is 2.00 bits per heavy atom. The minimum Gasteiger partial charge on any atom is -0.384 e. The predicted molar refractivity (Wildman–Crippen MR) is 77.9 cm³/mol. The predicted octanol–water partition coefficient (Wildman–Crippen LogP) is 1.80. The van der Waals surface area contributed by atoms with E-state index in [2.05, 4.69) is 4.98 Å². The summed E-state index contributed by atoms with van der Waals surface area (Å²) in [5.41, 5.74) is 7.30. The molecule has 2 N–H and O–H groups in total. The number of nitrogen functional groups attached to an aromatic ring is 1. The molecular formula is C14H15N3O2S. The molecule has 0 amide bonds. The Morgan fingerprint density at radius 3 is 2.70 bits per heavy atom. The molecule has 1 atom stereocenters. The second kappa shape index (κ2) is 4.49. The summed E-state index contributed by atoms with van der Waals surface area (Å²) >= 11 is 0. The van der Waals surface area contributed by atoms with Gasteiger partial charge in [0, 0.05) is 12.2 Å². The molecule has 5 nitrogen and oxygen atoms in total. The van der Waals surface area contributed by atoms with Crippen molar-refractivity contribution in [3.8, 4) is 0 Å². The van der Waals surface area contributed by atoms with Crippen LogP contribution in [0.25, 0.3) is 0 Å². The highest BCUT2D eigenvalue weighted by Crippen LogP contribution is 2.36. The number of rotatable bonds is 2. The van der Waals surface area contributed by atoms with Crippen LogP contribution < -0.4 is 10.0 Å². The molecule has 0 saturated heterocycles. The maximum absolute atomic E-state index is 12.8. The summed E-state index contributed by atoms with van der Waals surface area (Å²) in [5.74, 6) is 0.304. The molecule has 1 aromatic heterocycles. The number of aromatic nitrogens is 1. The van der Waals surface area contributed by atoms with Crippen LogP contribution in [0, 0.1) is 0 Å². The van der Waals surface area contributed by atoms with Crippen LogP contribution in [-0.2, 0) is 16.4 Å². The minimum absolute atomic E-state index is 0.102. The molecule has 2 heterocycles. The number of pyridine rings is 1. The first-order valence-electron chi connectivity index (χ1n) is 6.34. The Hall–Kier alpha value is -2.08. The quantitative estimate of drug-likeness (QED) is 0.914. The number of hydrogen-bond acceptors (Lipinski definition) is 4. The van der Waals surface area contributed by atoms with Gasteiger partial charge in [-0.25, -0.2) is 13.4 Å². The summed E-state index contributed by atoms with van der Waals surface area (Å²) in [7, 11) is -3.60. The van der Waals surface area contributed by atoms with E-state index in [-0.39, 0.29) is 10.9 Å². The summed E-state index contributed by atoms with van der Waals surface area (Å²) in [6, 6.07) is 10.5. The van der Waals surface area contributed by atoms with E-state index in [1.54, 1.807) is 0 Å². The van der Waals surface area contributed by atoms with Crippen LogP contribution >= 0.6 is 0 Å². The summed E-state index contributed by atoms with van der Waals surface area (Å²) in [4.78, 5) is 4.03. The molecule has 0 aliphatic carbocycles. The van der Waals surface area contributed by atoms with Crippen molar-refractivity contribution in [2.45, 2.75) is 24.3 Å². The SMILES string of the molecule is CC1Cc2ccccc2N1S(=O)(=O)c1ccc(N)nc1. The Kier molecular flexibility index (Phi) is 2.90. The van der Waals surface area contributed by atoms with E-state index in [1.807, 2.05) is 31.2 Å².